The van der Waals surface area contributed by atoms with Crippen molar-refractivity contribution >= 4 is 11.9 Å². The molecule has 0 bridgehead atoms. The second-order valence-corrected chi connectivity index (χ2v) is 3.06. The van der Waals surface area contributed by atoms with Gasteiger partial charge in [0.05, 0.1) is 18.2 Å². The van der Waals surface area contributed by atoms with E-state index >= 15 is 0 Å². The third-order valence-electron chi connectivity index (χ3n) is 1.82. The van der Waals surface area contributed by atoms with Gasteiger partial charge in [-0.05, 0) is 24.3 Å². The van der Waals surface area contributed by atoms with E-state index in [0.717, 1.165) is 6.26 Å². The lowest BCUT2D eigenvalue weighted by atomic mass is 10.2. The van der Waals surface area contributed by atoms with Crippen molar-refractivity contribution < 1.29 is 19.1 Å². The molecule has 88 valence electrons. The Labute approximate surface area is 99.2 Å². The highest BCUT2D eigenvalue weighted by Crippen LogP contribution is 2.13. The molecule has 0 saturated carbocycles. The van der Waals surface area contributed by atoms with Crippen molar-refractivity contribution in [2.75, 3.05) is 0 Å². The average molecular weight is 232 g/mol. The lowest BCUT2D eigenvalue weighted by Gasteiger charge is -2.03. The summed E-state index contributed by atoms with van der Waals surface area (Å²) in [4.78, 5) is 22.4. The molecule has 0 radical (unpaired) electrons. The van der Waals surface area contributed by atoms with Crippen molar-refractivity contribution in [3.8, 4) is 5.75 Å². The van der Waals surface area contributed by atoms with Crippen molar-refractivity contribution in [2.45, 2.75) is 6.42 Å². The van der Waals surface area contributed by atoms with Gasteiger partial charge in [0.25, 0.3) is 0 Å². The molecule has 1 aromatic rings. The summed E-state index contributed by atoms with van der Waals surface area (Å²) in [6.07, 6.45) is 2.65. The van der Waals surface area contributed by atoms with Gasteiger partial charge in [-0.1, -0.05) is 12.7 Å². The Morgan fingerprint density at radius 3 is 2.35 bits per heavy atom. The van der Waals surface area contributed by atoms with E-state index in [-0.39, 0.29) is 6.42 Å². The van der Waals surface area contributed by atoms with Gasteiger partial charge in [0.1, 0.15) is 5.75 Å². The van der Waals surface area contributed by atoms with Gasteiger partial charge < -0.3 is 9.47 Å². The zero-order valence-electron chi connectivity index (χ0n) is 9.22. The van der Waals surface area contributed by atoms with Crippen LogP contribution in [-0.4, -0.2) is 11.9 Å². The molecule has 0 unspecified atom stereocenters. The third-order valence-corrected chi connectivity index (χ3v) is 1.82. The number of ether oxygens (including phenoxy) is 2. The lowest BCUT2D eigenvalue weighted by Crippen LogP contribution is -2.06. The number of carbonyl (C=O) groups excluding carboxylic acids is 2. The fourth-order valence-corrected chi connectivity index (χ4v) is 1.09. The van der Waals surface area contributed by atoms with Gasteiger partial charge in [-0.2, -0.15) is 0 Å². The van der Waals surface area contributed by atoms with Crippen molar-refractivity contribution in [1.29, 1.82) is 0 Å². The van der Waals surface area contributed by atoms with Gasteiger partial charge in [-0.3, -0.25) is 4.79 Å². The Balaban J connectivity index is 2.67. The van der Waals surface area contributed by atoms with Crippen LogP contribution in [0.2, 0.25) is 0 Å². The zero-order chi connectivity index (χ0) is 12.7. The molecule has 0 fully saturated rings. The molecule has 4 nitrogen and oxygen atoms in total. The van der Waals surface area contributed by atoms with Gasteiger partial charge in [-0.15, -0.1) is 6.58 Å². The van der Waals surface area contributed by atoms with E-state index in [0.29, 0.717) is 11.3 Å². The predicted molar refractivity (Wildman–Crippen MR) is 62.5 cm³/mol. The first-order valence-corrected chi connectivity index (χ1v) is 4.91. The third kappa shape index (κ3) is 3.95. The maximum atomic E-state index is 11.3. The standard InChI is InChI=1S/C13H12O4/c1-3-5-12(14)17-11-8-6-10(7-9-11)13(15)16-4-2/h3-4,6-9H,1-2,5H2. The largest absolute Gasteiger partial charge is 0.432 e. The minimum absolute atomic E-state index is 0.139. The minimum Gasteiger partial charge on any atom is -0.432 e. The molecule has 0 saturated heterocycles. The molecule has 4 heteroatoms. The summed E-state index contributed by atoms with van der Waals surface area (Å²) in [6.45, 7) is 6.71. The predicted octanol–water partition coefficient (Wildman–Crippen LogP) is 2.47. The van der Waals surface area contributed by atoms with Crippen LogP contribution in [0.5, 0.6) is 5.75 Å². The topological polar surface area (TPSA) is 52.6 Å². The van der Waals surface area contributed by atoms with Crippen LogP contribution in [0.25, 0.3) is 0 Å². The van der Waals surface area contributed by atoms with Crippen LogP contribution in [0.4, 0.5) is 0 Å². The number of benzene rings is 1. The molecule has 0 aliphatic carbocycles. The molecule has 0 N–H and O–H groups in total. The molecular weight excluding hydrogens is 220 g/mol. The fourth-order valence-electron chi connectivity index (χ4n) is 1.09. The van der Waals surface area contributed by atoms with Crippen LogP contribution in [-0.2, 0) is 9.53 Å². The van der Waals surface area contributed by atoms with Gasteiger partial charge in [-0.25, -0.2) is 4.79 Å². The van der Waals surface area contributed by atoms with Gasteiger partial charge >= 0.3 is 11.9 Å². The first-order valence-electron chi connectivity index (χ1n) is 4.91. The molecule has 0 aromatic heterocycles. The number of carbonyl (C=O) groups is 2. The van der Waals surface area contributed by atoms with Crippen molar-refractivity contribution in [2.24, 2.45) is 0 Å². The highest BCUT2D eigenvalue weighted by Gasteiger charge is 2.07. The maximum absolute atomic E-state index is 11.3. The summed E-state index contributed by atoms with van der Waals surface area (Å²) < 4.78 is 9.56. The molecular formula is C13H12O4. The summed E-state index contributed by atoms with van der Waals surface area (Å²) in [6, 6.07) is 6.03. The van der Waals surface area contributed by atoms with E-state index in [4.69, 9.17) is 4.74 Å². The molecule has 17 heavy (non-hydrogen) atoms. The van der Waals surface area contributed by atoms with E-state index in [9.17, 15) is 9.59 Å². The van der Waals surface area contributed by atoms with Crippen LogP contribution < -0.4 is 4.74 Å². The second-order valence-electron chi connectivity index (χ2n) is 3.06. The smallest absolute Gasteiger partial charge is 0.342 e. The summed E-state index contributed by atoms with van der Waals surface area (Å²) in [7, 11) is 0. The molecule has 0 aliphatic rings. The van der Waals surface area contributed by atoms with Crippen LogP contribution in [0.15, 0.2) is 49.8 Å². The Kier molecular flexibility index (Phi) is 4.69. The van der Waals surface area contributed by atoms with E-state index < -0.39 is 11.9 Å². The zero-order valence-corrected chi connectivity index (χ0v) is 9.22. The van der Waals surface area contributed by atoms with E-state index in [1.165, 1.54) is 30.3 Å². The van der Waals surface area contributed by atoms with E-state index in [1.54, 1.807) is 0 Å². The number of esters is 2. The Hall–Kier alpha value is -2.36. The summed E-state index contributed by atoms with van der Waals surface area (Å²) in [5, 5.41) is 0. The molecule has 1 aromatic carbocycles. The number of hydrogen-bond donors (Lipinski definition) is 0. The van der Waals surface area contributed by atoms with Crippen molar-refractivity contribution in [1.82, 2.24) is 0 Å². The average Bonchev–Trinajstić information content (AvgIpc) is 2.30. The number of hydrogen-bond acceptors (Lipinski definition) is 4. The monoisotopic (exact) mass is 232 g/mol. The molecule has 0 atom stereocenters. The SMILES string of the molecule is C=CCC(=O)Oc1ccc(C(=O)OC=C)cc1. The summed E-state index contributed by atoms with van der Waals surface area (Å²) >= 11 is 0. The van der Waals surface area contributed by atoms with E-state index in [1.807, 2.05) is 0 Å². The minimum atomic E-state index is -0.510. The quantitative estimate of drug-likeness (QED) is 0.338. The second kappa shape index (κ2) is 6.27. The first-order chi connectivity index (χ1) is 8.17. The highest BCUT2D eigenvalue weighted by atomic mass is 16.5. The van der Waals surface area contributed by atoms with Gasteiger partial charge in [0.15, 0.2) is 0 Å². The van der Waals surface area contributed by atoms with Crippen molar-refractivity contribution in [3.05, 3.63) is 55.3 Å². The Morgan fingerprint density at radius 1 is 1.18 bits per heavy atom. The molecule has 0 spiro atoms. The van der Waals surface area contributed by atoms with Crippen LogP contribution in [0, 0.1) is 0 Å². The Morgan fingerprint density at radius 2 is 1.82 bits per heavy atom. The Bertz CT molecular complexity index is 431. The summed E-state index contributed by atoms with van der Waals surface area (Å²) in [5.74, 6) is -0.544. The number of rotatable bonds is 5. The van der Waals surface area contributed by atoms with Gasteiger partial charge in [0, 0.05) is 0 Å². The van der Waals surface area contributed by atoms with Gasteiger partial charge in [0.2, 0.25) is 0 Å². The summed E-state index contributed by atoms with van der Waals surface area (Å²) in [5.41, 5.74) is 0.355. The molecule has 1 rings (SSSR count). The van der Waals surface area contributed by atoms with E-state index in [2.05, 4.69) is 17.9 Å². The normalized spacial score (nSPS) is 9.18. The molecule has 0 aliphatic heterocycles. The van der Waals surface area contributed by atoms with Crippen molar-refractivity contribution in [3.63, 3.8) is 0 Å². The molecule has 0 amide bonds. The maximum Gasteiger partial charge on any atom is 0.342 e. The van der Waals surface area contributed by atoms with Crippen LogP contribution in [0.3, 0.4) is 0 Å². The lowest BCUT2D eigenvalue weighted by molar-refractivity contribution is -0.133. The first kappa shape index (κ1) is 12.7. The van der Waals surface area contributed by atoms with Crippen LogP contribution >= 0.6 is 0 Å². The highest BCUT2D eigenvalue weighted by molar-refractivity contribution is 5.90. The van der Waals surface area contributed by atoms with Crippen LogP contribution in [0.1, 0.15) is 16.8 Å². The fraction of sp³-hybridized carbons (Fsp3) is 0.0769. The molecule has 0 heterocycles.